The molecule has 76 valence electrons. The molecule has 1 aliphatic rings. The van der Waals surface area contributed by atoms with Crippen molar-refractivity contribution in [2.75, 3.05) is 13.1 Å². The highest BCUT2D eigenvalue weighted by Crippen LogP contribution is 2.01. The second kappa shape index (κ2) is 5.97. The van der Waals surface area contributed by atoms with Gasteiger partial charge in [-0.05, 0) is 19.4 Å². The van der Waals surface area contributed by atoms with Gasteiger partial charge in [-0.3, -0.25) is 4.79 Å². The van der Waals surface area contributed by atoms with Crippen LogP contribution >= 0.6 is 0 Å². The minimum Gasteiger partial charge on any atom is -0.355 e. The molecule has 13 heavy (non-hydrogen) atoms. The first-order valence-electron chi connectivity index (χ1n) is 5.35. The van der Waals surface area contributed by atoms with E-state index in [1.54, 1.807) is 0 Å². The normalized spacial score (nSPS) is 20.8. The predicted molar refractivity (Wildman–Crippen MR) is 53.6 cm³/mol. The molecule has 0 aliphatic carbocycles. The Hall–Kier alpha value is -0.570. The molecular weight excluding hydrogens is 164 g/mol. The molecule has 3 heteroatoms. The van der Waals surface area contributed by atoms with Crippen molar-refractivity contribution in [3.05, 3.63) is 0 Å². The number of carbonyl (C=O) groups excluding carboxylic acids is 1. The van der Waals surface area contributed by atoms with Gasteiger partial charge in [0.2, 0.25) is 5.91 Å². The maximum absolute atomic E-state index is 11.3. The predicted octanol–water partition coefficient (Wildman–Crippen LogP) is 1.04. The third kappa shape index (κ3) is 3.77. The van der Waals surface area contributed by atoms with Gasteiger partial charge in [-0.15, -0.1) is 0 Å². The largest absolute Gasteiger partial charge is 0.355 e. The van der Waals surface area contributed by atoms with Crippen LogP contribution in [0.1, 0.15) is 39.0 Å². The first-order chi connectivity index (χ1) is 6.34. The van der Waals surface area contributed by atoms with Crippen LogP contribution in [0.4, 0.5) is 0 Å². The summed E-state index contributed by atoms with van der Waals surface area (Å²) in [5, 5.41) is 6.03. The lowest BCUT2D eigenvalue weighted by Gasteiger charge is -2.26. The topological polar surface area (TPSA) is 41.1 Å². The van der Waals surface area contributed by atoms with Gasteiger partial charge in [0.1, 0.15) is 0 Å². The highest BCUT2D eigenvalue weighted by atomic mass is 16.2. The molecule has 0 bridgehead atoms. The number of unbranched alkanes of at least 4 members (excludes halogenated alkanes) is 3. The molecule has 1 rings (SSSR count). The molecule has 0 aromatic rings. The lowest BCUT2D eigenvalue weighted by atomic mass is 10.1. The van der Waals surface area contributed by atoms with E-state index in [1.807, 2.05) is 0 Å². The van der Waals surface area contributed by atoms with Crippen LogP contribution in [-0.2, 0) is 4.79 Å². The van der Waals surface area contributed by atoms with Crippen molar-refractivity contribution in [1.82, 2.24) is 10.6 Å². The highest BCUT2D eigenvalue weighted by Gasteiger charge is 2.23. The van der Waals surface area contributed by atoms with Gasteiger partial charge in [-0.2, -0.15) is 0 Å². The van der Waals surface area contributed by atoms with Crippen LogP contribution in [-0.4, -0.2) is 25.0 Å². The summed E-state index contributed by atoms with van der Waals surface area (Å²) in [6, 6.07) is 0.103. The standard InChI is InChI=1S/C10H20N2O/c1-2-3-4-5-7-12-10(13)9-6-8-11-9/h9,11H,2-8H2,1H3,(H,12,13)/t9-/m0/s1. The number of nitrogens with one attached hydrogen (secondary N) is 2. The van der Waals surface area contributed by atoms with Gasteiger partial charge in [0.05, 0.1) is 6.04 Å². The first-order valence-corrected chi connectivity index (χ1v) is 5.35. The van der Waals surface area contributed by atoms with Crippen LogP contribution in [0.25, 0.3) is 0 Å². The maximum Gasteiger partial charge on any atom is 0.237 e. The molecule has 1 heterocycles. The summed E-state index contributed by atoms with van der Waals surface area (Å²) in [6.45, 7) is 4.03. The summed E-state index contributed by atoms with van der Waals surface area (Å²) in [7, 11) is 0. The van der Waals surface area contributed by atoms with Crippen molar-refractivity contribution in [2.45, 2.75) is 45.1 Å². The summed E-state index contributed by atoms with van der Waals surface area (Å²) in [5.74, 6) is 0.183. The van der Waals surface area contributed by atoms with Gasteiger partial charge < -0.3 is 10.6 Å². The Labute approximate surface area is 80.3 Å². The molecule has 1 atom stereocenters. The fourth-order valence-corrected chi connectivity index (χ4v) is 1.40. The van der Waals surface area contributed by atoms with E-state index in [0.29, 0.717) is 0 Å². The third-order valence-corrected chi connectivity index (χ3v) is 2.47. The smallest absolute Gasteiger partial charge is 0.237 e. The Bertz CT molecular complexity index is 155. The molecule has 3 nitrogen and oxygen atoms in total. The molecule has 1 fully saturated rings. The summed E-state index contributed by atoms with van der Waals surface area (Å²) in [4.78, 5) is 11.3. The van der Waals surface area contributed by atoms with E-state index >= 15 is 0 Å². The number of carbonyl (C=O) groups is 1. The van der Waals surface area contributed by atoms with Crippen molar-refractivity contribution < 1.29 is 4.79 Å². The average molecular weight is 184 g/mol. The zero-order valence-corrected chi connectivity index (χ0v) is 8.44. The molecule has 0 saturated carbocycles. The summed E-state index contributed by atoms with van der Waals surface area (Å²) < 4.78 is 0. The number of rotatable bonds is 6. The third-order valence-electron chi connectivity index (χ3n) is 2.47. The molecule has 1 amide bonds. The minimum atomic E-state index is 0.103. The molecular formula is C10H20N2O. The maximum atomic E-state index is 11.3. The van der Waals surface area contributed by atoms with Crippen molar-refractivity contribution in [3.63, 3.8) is 0 Å². The van der Waals surface area contributed by atoms with E-state index in [4.69, 9.17) is 0 Å². The molecule has 0 unspecified atom stereocenters. The number of hydrogen-bond acceptors (Lipinski definition) is 2. The van der Waals surface area contributed by atoms with Crippen LogP contribution < -0.4 is 10.6 Å². The van der Waals surface area contributed by atoms with Crippen molar-refractivity contribution in [3.8, 4) is 0 Å². The Balaban J connectivity index is 1.89. The van der Waals surface area contributed by atoms with Crippen LogP contribution in [0.5, 0.6) is 0 Å². The molecule has 2 N–H and O–H groups in total. The minimum absolute atomic E-state index is 0.103. The Kier molecular flexibility index (Phi) is 4.83. The van der Waals surface area contributed by atoms with E-state index in [0.717, 1.165) is 25.9 Å². The van der Waals surface area contributed by atoms with Crippen molar-refractivity contribution in [2.24, 2.45) is 0 Å². The van der Waals surface area contributed by atoms with Crippen LogP contribution in [0.2, 0.25) is 0 Å². The molecule has 1 aliphatic heterocycles. The van der Waals surface area contributed by atoms with Gasteiger partial charge in [-0.1, -0.05) is 26.2 Å². The highest BCUT2D eigenvalue weighted by molar-refractivity contribution is 5.82. The lowest BCUT2D eigenvalue weighted by Crippen LogP contribution is -2.53. The van der Waals surface area contributed by atoms with Crippen molar-refractivity contribution in [1.29, 1.82) is 0 Å². The molecule has 1 saturated heterocycles. The van der Waals surface area contributed by atoms with Crippen molar-refractivity contribution >= 4 is 5.91 Å². The first kappa shape index (κ1) is 10.5. The van der Waals surface area contributed by atoms with E-state index < -0.39 is 0 Å². The van der Waals surface area contributed by atoms with Crippen LogP contribution in [0.15, 0.2) is 0 Å². The lowest BCUT2D eigenvalue weighted by molar-refractivity contribution is -0.124. The van der Waals surface area contributed by atoms with Gasteiger partial charge >= 0.3 is 0 Å². The van der Waals surface area contributed by atoms with Gasteiger partial charge in [0.25, 0.3) is 0 Å². The zero-order valence-electron chi connectivity index (χ0n) is 8.44. The van der Waals surface area contributed by atoms with Crippen LogP contribution in [0.3, 0.4) is 0 Å². The quantitative estimate of drug-likeness (QED) is 0.606. The molecule has 0 aromatic heterocycles. The molecule has 0 radical (unpaired) electrons. The average Bonchev–Trinajstić information content (AvgIpc) is 2.01. The van der Waals surface area contributed by atoms with E-state index in [-0.39, 0.29) is 11.9 Å². The fraction of sp³-hybridized carbons (Fsp3) is 0.900. The second-order valence-corrected chi connectivity index (χ2v) is 3.65. The zero-order chi connectivity index (χ0) is 9.52. The summed E-state index contributed by atoms with van der Waals surface area (Å²) in [6.07, 6.45) is 5.87. The van der Waals surface area contributed by atoms with E-state index in [1.165, 1.54) is 19.3 Å². The number of amides is 1. The Morgan fingerprint density at radius 1 is 1.46 bits per heavy atom. The van der Waals surface area contributed by atoms with Gasteiger partial charge in [0, 0.05) is 6.54 Å². The van der Waals surface area contributed by atoms with Gasteiger partial charge in [0.15, 0.2) is 0 Å². The SMILES string of the molecule is CCCCCCNC(=O)[C@@H]1CCN1. The Morgan fingerprint density at radius 3 is 2.77 bits per heavy atom. The van der Waals surface area contributed by atoms with E-state index in [9.17, 15) is 4.79 Å². The van der Waals surface area contributed by atoms with E-state index in [2.05, 4.69) is 17.6 Å². The van der Waals surface area contributed by atoms with Gasteiger partial charge in [-0.25, -0.2) is 0 Å². The monoisotopic (exact) mass is 184 g/mol. The molecule has 0 spiro atoms. The number of hydrogen-bond donors (Lipinski definition) is 2. The van der Waals surface area contributed by atoms with Crippen LogP contribution in [0, 0.1) is 0 Å². The summed E-state index contributed by atoms with van der Waals surface area (Å²) in [5.41, 5.74) is 0. The molecule has 0 aromatic carbocycles. The summed E-state index contributed by atoms with van der Waals surface area (Å²) >= 11 is 0. The second-order valence-electron chi connectivity index (χ2n) is 3.65. The Morgan fingerprint density at radius 2 is 2.23 bits per heavy atom. The fourth-order valence-electron chi connectivity index (χ4n) is 1.40.